The van der Waals surface area contributed by atoms with Crippen LogP contribution in [0.4, 0.5) is 5.13 Å². The third-order valence-corrected chi connectivity index (χ3v) is 7.03. The lowest BCUT2D eigenvalue weighted by atomic mass is 10.2. The predicted molar refractivity (Wildman–Crippen MR) is 124 cm³/mol. The largest absolute Gasteiger partial charge is 0.484 e. The van der Waals surface area contributed by atoms with Gasteiger partial charge in [-0.2, -0.15) is 4.31 Å². The van der Waals surface area contributed by atoms with E-state index >= 15 is 0 Å². The molecular weight excluding hydrogens is 434 g/mol. The highest BCUT2D eigenvalue weighted by Gasteiger charge is 2.23. The van der Waals surface area contributed by atoms with E-state index in [1.165, 1.54) is 33.9 Å². The summed E-state index contributed by atoms with van der Waals surface area (Å²) in [6, 6.07) is 12.1. The summed E-state index contributed by atoms with van der Waals surface area (Å²) in [5.41, 5.74) is 1.63. The minimum Gasteiger partial charge on any atom is -0.484 e. The van der Waals surface area contributed by atoms with Gasteiger partial charge in [0.25, 0.3) is 5.91 Å². The number of nitrogens with one attached hydrogen (secondary N) is 1. The van der Waals surface area contributed by atoms with Gasteiger partial charge in [-0.05, 0) is 42.8 Å². The average Bonchev–Trinajstić information content (AvgIpc) is 3.13. The summed E-state index contributed by atoms with van der Waals surface area (Å²) in [5, 5.41) is 3.07. The number of sulfonamides is 1. The summed E-state index contributed by atoms with van der Waals surface area (Å²) in [6.45, 7) is 9.36. The monoisotopic (exact) mass is 457 g/mol. The highest BCUT2D eigenvalue weighted by atomic mass is 32.2. The first-order valence-corrected chi connectivity index (χ1v) is 11.7. The van der Waals surface area contributed by atoms with Crippen LogP contribution in [0.15, 0.2) is 72.7 Å². The molecular formula is C22H23N3O4S2. The fourth-order valence-electron chi connectivity index (χ4n) is 2.84. The number of aryl methyl sites for hydroxylation is 1. The number of rotatable bonds is 10. The predicted octanol–water partition coefficient (Wildman–Crippen LogP) is 3.98. The number of hydrogen-bond acceptors (Lipinski definition) is 6. The number of aromatic nitrogens is 1. The van der Waals surface area contributed by atoms with E-state index in [0.717, 1.165) is 5.56 Å². The third kappa shape index (κ3) is 5.57. The number of nitrogens with zero attached hydrogens (tertiary/aromatic N) is 2. The van der Waals surface area contributed by atoms with Crippen molar-refractivity contribution in [2.75, 3.05) is 25.0 Å². The van der Waals surface area contributed by atoms with E-state index in [9.17, 15) is 13.2 Å². The first-order valence-electron chi connectivity index (χ1n) is 9.45. The van der Waals surface area contributed by atoms with Crippen LogP contribution in [0.5, 0.6) is 5.75 Å². The normalized spacial score (nSPS) is 11.4. The maximum absolute atomic E-state index is 12.9. The van der Waals surface area contributed by atoms with Gasteiger partial charge in [-0.25, -0.2) is 13.4 Å². The molecule has 1 N–H and O–H groups in total. The topological polar surface area (TPSA) is 88.6 Å². The van der Waals surface area contributed by atoms with Gasteiger partial charge < -0.3 is 4.74 Å². The van der Waals surface area contributed by atoms with E-state index in [2.05, 4.69) is 23.5 Å². The molecule has 0 aliphatic carbocycles. The molecule has 7 nitrogen and oxygen atoms in total. The summed E-state index contributed by atoms with van der Waals surface area (Å²) in [5.74, 6) is 0.259. The lowest BCUT2D eigenvalue weighted by Crippen LogP contribution is -2.31. The standard InChI is InChI=1S/C22H23N3O4S2/c1-4-11-25(12-5-2)31(27,28)18-9-10-19-20(14-18)30-22(23-19)24-21(26)15-29-17-8-6-7-16(3)13-17/h4-10,13-14H,1-2,11-12,15H2,3H3,(H,23,24,26). The molecule has 3 rings (SSSR count). The maximum atomic E-state index is 12.9. The van der Waals surface area contributed by atoms with Crippen LogP contribution < -0.4 is 10.1 Å². The molecule has 1 aromatic heterocycles. The van der Waals surface area contributed by atoms with Gasteiger partial charge in [0.2, 0.25) is 10.0 Å². The van der Waals surface area contributed by atoms with Crippen LogP contribution >= 0.6 is 11.3 Å². The molecule has 0 fully saturated rings. The molecule has 0 radical (unpaired) electrons. The molecule has 1 amide bonds. The van der Waals surface area contributed by atoms with Gasteiger partial charge in [0.05, 0.1) is 15.1 Å². The Hall–Kier alpha value is -3.01. The van der Waals surface area contributed by atoms with E-state index in [1.807, 2.05) is 25.1 Å². The van der Waals surface area contributed by atoms with Gasteiger partial charge in [-0.1, -0.05) is 35.6 Å². The minimum absolute atomic E-state index is 0.146. The molecule has 0 spiro atoms. The zero-order valence-corrected chi connectivity index (χ0v) is 18.7. The quantitative estimate of drug-likeness (QED) is 0.465. The second-order valence-corrected chi connectivity index (χ2v) is 9.67. The molecule has 0 atom stereocenters. The van der Waals surface area contributed by atoms with Gasteiger partial charge in [0.1, 0.15) is 5.75 Å². The summed E-state index contributed by atoms with van der Waals surface area (Å²) in [4.78, 5) is 16.7. The molecule has 0 saturated heterocycles. The third-order valence-electron chi connectivity index (χ3n) is 4.27. The number of fused-ring (bicyclic) bond motifs is 1. The van der Waals surface area contributed by atoms with Gasteiger partial charge in [-0.15, -0.1) is 13.2 Å². The Labute approximate surface area is 185 Å². The van der Waals surface area contributed by atoms with Gasteiger partial charge >= 0.3 is 0 Å². The number of ether oxygens (including phenoxy) is 1. The average molecular weight is 458 g/mol. The second kappa shape index (κ2) is 9.86. The van der Waals surface area contributed by atoms with Crippen LogP contribution in [0.2, 0.25) is 0 Å². The molecule has 162 valence electrons. The SMILES string of the molecule is C=CCN(CC=C)S(=O)(=O)c1ccc2nc(NC(=O)COc3cccc(C)c3)sc2c1. The van der Waals surface area contributed by atoms with Crippen molar-refractivity contribution in [1.82, 2.24) is 9.29 Å². The molecule has 31 heavy (non-hydrogen) atoms. The van der Waals surface area contributed by atoms with Gasteiger partial charge in [0, 0.05) is 13.1 Å². The minimum atomic E-state index is -3.71. The summed E-state index contributed by atoms with van der Waals surface area (Å²) in [7, 11) is -3.71. The molecule has 0 bridgehead atoms. The van der Waals surface area contributed by atoms with Crippen molar-refractivity contribution < 1.29 is 17.9 Å². The number of benzene rings is 2. The lowest BCUT2D eigenvalue weighted by Gasteiger charge is -2.18. The molecule has 0 unspecified atom stereocenters. The molecule has 0 saturated carbocycles. The zero-order valence-electron chi connectivity index (χ0n) is 17.1. The van der Waals surface area contributed by atoms with Crippen LogP contribution in [0.3, 0.4) is 0 Å². The number of hydrogen-bond donors (Lipinski definition) is 1. The molecule has 2 aromatic carbocycles. The Morgan fingerprint density at radius 1 is 1.19 bits per heavy atom. The number of amides is 1. The molecule has 1 heterocycles. The van der Waals surface area contributed by atoms with Crippen LogP contribution in [0.25, 0.3) is 10.2 Å². The summed E-state index contributed by atoms with van der Waals surface area (Å²) >= 11 is 1.20. The maximum Gasteiger partial charge on any atom is 0.264 e. The van der Waals surface area contributed by atoms with E-state index in [0.29, 0.717) is 21.1 Å². The smallest absolute Gasteiger partial charge is 0.264 e. The number of carbonyl (C=O) groups is 1. The number of anilines is 1. The van der Waals surface area contributed by atoms with Crippen molar-refractivity contribution in [1.29, 1.82) is 0 Å². The van der Waals surface area contributed by atoms with Crippen molar-refractivity contribution >= 4 is 42.6 Å². The number of thiazole rings is 1. The molecule has 0 aliphatic rings. The van der Waals surface area contributed by atoms with Crippen molar-refractivity contribution in [2.24, 2.45) is 0 Å². The van der Waals surface area contributed by atoms with Crippen molar-refractivity contribution in [2.45, 2.75) is 11.8 Å². The molecule has 0 aliphatic heterocycles. The highest BCUT2D eigenvalue weighted by Crippen LogP contribution is 2.29. The highest BCUT2D eigenvalue weighted by molar-refractivity contribution is 7.89. The van der Waals surface area contributed by atoms with Crippen molar-refractivity contribution in [3.8, 4) is 5.75 Å². The summed E-state index contributed by atoms with van der Waals surface area (Å²) in [6.07, 6.45) is 3.05. The van der Waals surface area contributed by atoms with E-state index in [1.54, 1.807) is 18.2 Å². The zero-order chi connectivity index (χ0) is 22.4. The van der Waals surface area contributed by atoms with Crippen LogP contribution in [-0.2, 0) is 14.8 Å². The van der Waals surface area contributed by atoms with E-state index < -0.39 is 10.0 Å². The van der Waals surface area contributed by atoms with Crippen LogP contribution in [-0.4, -0.2) is 43.3 Å². The van der Waals surface area contributed by atoms with Crippen molar-refractivity contribution in [3.05, 3.63) is 73.3 Å². The van der Waals surface area contributed by atoms with Crippen molar-refractivity contribution in [3.63, 3.8) is 0 Å². The van der Waals surface area contributed by atoms with Gasteiger partial charge in [-0.3, -0.25) is 10.1 Å². The Bertz CT molecular complexity index is 1210. The fourth-order valence-corrected chi connectivity index (χ4v) is 5.24. The first kappa shape index (κ1) is 22.7. The lowest BCUT2D eigenvalue weighted by molar-refractivity contribution is -0.118. The fraction of sp³-hybridized carbons (Fsp3) is 0.182. The van der Waals surface area contributed by atoms with Gasteiger partial charge in [0.15, 0.2) is 11.7 Å². The summed E-state index contributed by atoms with van der Waals surface area (Å²) < 4.78 is 33.2. The Morgan fingerprint density at radius 2 is 1.94 bits per heavy atom. The molecule has 3 aromatic rings. The van der Waals surface area contributed by atoms with E-state index in [-0.39, 0.29) is 30.5 Å². The number of carbonyl (C=O) groups excluding carboxylic acids is 1. The Morgan fingerprint density at radius 3 is 2.61 bits per heavy atom. The molecule has 9 heteroatoms. The second-order valence-electron chi connectivity index (χ2n) is 6.70. The van der Waals surface area contributed by atoms with E-state index in [4.69, 9.17) is 4.74 Å². The Balaban J connectivity index is 1.73. The Kier molecular flexibility index (Phi) is 7.21. The van der Waals surface area contributed by atoms with Crippen LogP contribution in [0.1, 0.15) is 5.56 Å². The first-order chi connectivity index (χ1) is 14.8. The van der Waals surface area contributed by atoms with Crippen LogP contribution in [0, 0.1) is 6.92 Å².